The minimum atomic E-state index is -1.37. The highest BCUT2D eigenvalue weighted by molar-refractivity contribution is 7.99. The first-order valence-corrected chi connectivity index (χ1v) is 9.18. The molecule has 2 fully saturated rings. The lowest BCUT2D eigenvalue weighted by Gasteiger charge is -2.60. The molecule has 0 aliphatic carbocycles. The Morgan fingerprint density at radius 2 is 2.14 bits per heavy atom. The molecule has 3 rings (SSSR count). The van der Waals surface area contributed by atoms with Crippen molar-refractivity contribution >= 4 is 29.3 Å². The highest BCUT2D eigenvalue weighted by Crippen LogP contribution is 2.54. The molecule has 0 radical (unpaired) electrons. The normalized spacial score (nSPS) is 32.2. The summed E-state index contributed by atoms with van der Waals surface area (Å²) in [5.74, 6) is 1.88. The quantitative estimate of drug-likeness (QED) is 0.838. The summed E-state index contributed by atoms with van der Waals surface area (Å²) in [5.41, 5.74) is -0.981. The molecule has 0 aromatic heterocycles. The van der Waals surface area contributed by atoms with Crippen molar-refractivity contribution in [1.82, 2.24) is 4.90 Å². The fourth-order valence-electron chi connectivity index (χ4n) is 3.49. The summed E-state index contributed by atoms with van der Waals surface area (Å²) in [7, 11) is 0. The van der Waals surface area contributed by atoms with E-state index in [4.69, 9.17) is 11.6 Å². The summed E-state index contributed by atoms with van der Waals surface area (Å²) >= 11 is 8.00. The molecule has 3 nitrogen and oxygen atoms in total. The lowest BCUT2D eigenvalue weighted by Crippen LogP contribution is -2.75. The number of carbonyl (C=O) groups is 1. The summed E-state index contributed by atoms with van der Waals surface area (Å²) < 4.78 is 0. The van der Waals surface area contributed by atoms with Gasteiger partial charge in [-0.1, -0.05) is 44.5 Å². The van der Waals surface area contributed by atoms with Crippen molar-refractivity contribution < 1.29 is 9.90 Å². The molecule has 0 bridgehead atoms. The third-order valence-corrected chi connectivity index (χ3v) is 6.22. The smallest absolute Gasteiger partial charge is 0.258 e. The number of β-lactam (4-membered cyclic amide) rings is 1. The molecule has 3 unspecified atom stereocenters. The van der Waals surface area contributed by atoms with Crippen LogP contribution in [0.15, 0.2) is 24.3 Å². The van der Waals surface area contributed by atoms with E-state index in [1.165, 1.54) is 0 Å². The summed E-state index contributed by atoms with van der Waals surface area (Å²) in [6, 6.07) is 7.41. The number of thioether (sulfide) groups is 1. The van der Waals surface area contributed by atoms with Crippen LogP contribution in [0.3, 0.4) is 0 Å². The molecule has 5 heteroatoms. The Balaban J connectivity index is 2.04. The van der Waals surface area contributed by atoms with Crippen molar-refractivity contribution in [2.75, 3.05) is 11.5 Å². The maximum absolute atomic E-state index is 12.8. The van der Waals surface area contributed by atoms with E-state index in [2.05, 4.69) is 0 Å². The van der Waals surface area contributed by atoms with Gasteiger partial charge < -0.3 is 10.0 Å². The molecule has 0 spiro atoms. The number of benzene rings is 1. The zero-order chi connectivity index (χ0) is 16.1. The predicted octanol–water partition coefficient (Wildman–Crippen LogP) is 3.51. The molecule has 0 saturated carbocycles. The average Bonchev–Trinajstić information content (AvgIpc) is 2.95. The van der Waals surface area contributed by atoms with Crippen molar-refractivity contribution in [3.05, 3.63) is 34.9 Å². The Labute approximate surface area is 141 Å². The first-order valence-electron chi connectivity index (χ1n) is 7.65. The van der Waals surface area contributed by atoms with Gasteiger partial charge in [0.2, 0.25) is 0 Å². The summed E-state index contributed by atoms with van der Waals surface area (Å²) in [6.45, 7) is 5.76. The molecule has 3 atom stereocenters. The summed E-state index contributed by atoms with van der Waals surface area (Å²) in [4.78, 5) is 14.7. The van der Waals surface area contributed by atoms with E-state index in [1.807, 2.05) is 61.7 Å². The van der Waals surface area contributed by atoms with Gasteiger partial charge in [-0.15, -0.1) is 0 Å². The Morgan fingerprint density at radius 3 is 2.68 bits per heavy atom. The lowest BCUT2D eigenvalue weighted by molar-refractivity contribution is -0.222. The van der Waals surface area contributed by atoms with Gasteiger partial charge in [0.15, 0.2) is 5.60 Å². The molecule has 1 amide bonds. The number of nitrogens with zero attached hydrogens (tertiary/aromatic N) is 1. The maximum Gasteiger partial charge on any atom is 0.258 e. The van der Waals surface area contributed by atoms with Crippen molar-refractivity contribution in [3.8, 4) is 0 Å². The molecule has 1 aromatic rings. The molecule has 120 valence electrons. The van der Waals surface area contributed by atoms with Crippen LogP contribution in [0.25, 0.3) is 0 Å². The molecule has 1 N–H and O–H groups in total. The van der Waals surface area contributed by atoms with Gasteiger partial charge in [-0.2, -0.15) is 11.8 Å². The van der Waals surface area contributed by atoms with Crippen LogP contribution >= 0.6 is 23.4 Å². The highest BCUT2D eigenvalue weighted by atomic mass is 35.5. The van der Waals surface area contributed by atoms with Crippen molar-refractivity contribution in [1.29, 1.82) is 0 Å². The zero-order valence-corrected chi connectivity index (χ0v) is 14.7. The van der Waals surface area contributed by atoms with Crippen LogP contribution in [-0.4, -0.2) is 39.1 Å². The topological polar surface area (TPSA) is 40.5 Å². The van der Waals surface area contributed by atoms with E-state index in [-0.39, 0.29) is 18.0 Å². The van der Waals surface area contributed by atoms with Crippen LogP contribution < -0.4 is 0 Å². The van der Waals surface area contributed by atoms with E-state index in [0.29, 0.717) is 5.02 Å². The van der Waals surface area contributed by atoms with Gasteiger partial charge in [-0.05, 0) is 29.9 Å². The average molecular weight is 340 g/mol. The SMILES string of the molecule is CC(C)(C)C1(O)C(=O)N(C2CCSC2)C1c1cccc(Cl)c1. The Hall–Kier alpha value is -0.710. The van der Waals surface area contributed by atoms with Crippen LogP contribution in [0.5, 0.6) is 0 Å². The minimum Gasteiger partial charge on any atom is -0.377 e. The molecule has 2 aliphatic heterocycles. The summed E-state index contributed by atoms with van der Waals surface area (Å²) in [6.07, 6.45) is 0.994. The fourth-order valence-corrected chi connectivity index (χ4v) is 4.90. The van der Waals surface area contributed by atoms with Crippen LogP contribution in [0.2, 0.25) is 5.02 Å². The monoisotopic (exact) mass is 339 g/mol. The Kier molecular flexibility index (Phi) is 3.99. The number of carbonyl (C=O) groups excluding carboxylic acids is 1. The minimum absolute atomic E-state index is 0.141. The van der Waals surface area contributed by atoms with Crippen molar-refractivity contribution in [2.24, 2.45) is 5.41 Å². The largest absolute Gasteiger partial charge is 0.377 e. The van der Waals surface area contributed by atoms with Gasteiger partial charge in [-0.3, -0.25) is 4.79 Å². The molecule has 2 heterocycles. The number of amides is 1. The van der Waals surface area contributed by atoms with Gasteiger partial charge in [0.25, 0.3) is 5.91 Å². The van der Waals surface area contributed by atoms with Crippen LogP contribution in [0, 0.1) is 5.41 Å². The molecule has 22 heavy (non-hydrogen) atoms. The fraction of sp³-hybridized carbons (Fsp3) is 0.588. The van der Waals surface area contributed by atoms with Gasteiger partial charge in [0.1, 0.15) is 0 Å². The zero-order valence-electron chi connectivity index (χ0n) is 13.2. The molecular formula is C17H22ClNO2S. The second-order valence-corrected chi connectivity index (χ2v) is 8.79. The van der Waals surface area contributed by atoms with E-state index in [9.17, 15) is 9.90 Å². The van der Waals surface area contributed by atoms with Crippen LogP contribution in [-0.2, 0) is 4.79 Å². The van der Waals surface area contributed by atoms with E-state index >= 15 is 0 Å². The molecule has 2 aliphatic rings. The van der Waals surface area contributed by atoms with E-state index in [1.54, 1.807) is 0 Å². The van der Waals surface area contributed by atoms with Crippen LogP contribution in [0.1, 0.15) is 38.8 Å². The van der Waals surface area contributed by atoms with Crippen LogP contribution in [0.4, 0.5) is 0 Å². The number of likely N-dealkylation sites (tertiary alicyclic amines) is 1. The number of halogens is 1. The predicted molar refractivity (Wildman–Crippen MR) is 91.2 cm³/mol. The van der Waals surface area contributed by atoms with Crippen molar-refractivity contribution in [2.45, 2.75) is 44.9 Å². The van der Waals surface area contributed by atoms with Gasteiger partial charge in [0, 0.05) is 22.2 Å². The second kappa shape index (κ2) is 5.43. The number of rotatable bonds is 2. The van der Waals surface area contributed by atoms with Gasteiger partial charge in [-0.25, -0.2) is 0 Å². The Bertz CT molecular complexity index is 595. The molecule has 2 saturated heterocycles. The number of hydrogen-bond donors (Lipinski definition) is 1. The standard InChI is InChI=1S/C17H22ClNO2S/c1-16(2,3)17(21)14(11-5-4-6-12(18)9-11)19(15(17)20)13-7-8-22-10-13/h4-6,9,13-14,21H,7-8,10H2,1-3H3. The number of hydrogen-bond acceptors (Lipinski definition) is 3. The first kappa shape index (κ1) is 16.2. The number of aliphatic hydroxyl groups is 1. The van der Waals surface area contributed by atoms with Crippen molar-refractivity contribution in [3.63, 3.8) is 0 Å². The van der Waals surface area contributed by atoms with E-state index in [0.717, 1.165) is 23.5 Å². The second-order valence-electron chi connectivity index (χ2n) is 7.20. The first-order chi connectivity index (χ1) is 10.3. The summed E-state index contributed by atoms with van der Waals surface area (Å²) in [5, 5.41) is 11.8. The Morgan fingerprint density at radius 1 is 1.41 bits per heavy atom. The third-order valence-electron chi connectivity index (χ3n) is 4.84. The lowest BCUT2D eigenvalue weighted by atomic mass is 9.63. The molecule has 1 aromatic carbocycles. The van der Waals surface area contributed by atoms with Gasteiger partial charge in [0.05, 0.1) is 6.04 Å². The maximum atomic E-state index is 12.8. The van der Waals surface area contributed by atoms with E-state index < -0.39 is 11.0 Å². The van der Waals surface area contributed by atoms with Gasteiger partial charge >= 0.3 is 0 Å². The highest BCUT2D eigenvalue weighted by Gasteiger charge is 2.67. The third kappa shape index (κ3) is 2.27. The molecular weight excluding hydrogens is 318 g/mol.